The average Bonchev–Trinajstić information content (AvgIpc) is 2.78. The zero-order valence-electron chi connectivity index (χ0n) is 17.0. The van der Waals surface area contributed by atoms with Gasteiger partial charge in [0.05, 0.1) is 20.1 Å². The van der Waals surface area contributed by atoms with E-state index in [2.05, 4.69) is 0 Å². The number of hydrogen-bond donors (Lipinski definition) is 0. The van der Waals surface area contributed by atoms with Crippen LogP contribution in [0, 0.1) is 0 Å². The summed E-state index contributed by atoms with van der Waals surface area (Å²) in [5.41, 5.74) is 3.14. The van der Waals surface area contributed by atoms with Crippen LogP contribution in [0.2, 0.25) is 20.1 Å². The van der Waals surface area contributed by atoms with Crippen LogP contribution in [-0.2, 0) is 0 Å². The Kier molecular flexibility index (Phi) is 7.35. The summed E-state index contributed by atoms with van der Waals surface area (Å²) < 4.78 is 0. The Bertz CT molecular complexity index is 865. The van der Waals surface area contributed by atoms with Crippen molar-refractivity contribution in [1.82, 2.24) is 0 Å². The molecule has 2 aromatic carbocycles. The summed E-state index contributed by atoms with van der Waals surface area (Å²) in [5.74, 6) is 0.517. The zero-order valence-corrected chi connectivity index (χ0v) is 20.0. The number of carbonyl (C=O) groups excluding carboxylic acids is 1. The van der Waals surface area contributed by atoms with E-state index >= 15 is 0 Å². The van der Waals surface area contributed by atoms with E-state index in [1.165, 1.54) is 12.8 Å². The molecule has 2 aromatic rings. The minimum absolute atomic E-state index is 0.0201. The first kappa shape index (κ1) is 22.5. The fourth-order valence-electron chi connectivity index (χ4n) is 5.25. The predicted molar refractivity (Wildman–Crippen MR) is 128 cm³/mol. The van der Waals surface area contributed by atoms with Crippen LogP contribution in [0.4, 0.5) is 0 Å². The van der Waals surface area contributed by atoms with Gasteiger partial charge >= 0.3 is 0 Å². The fourth-order valence-corrected chi connectivity index (χ4v) is 6.22. The maximum atomic E-state index is 13.9. The molecule has 0 atom stereocenters. The van der Waals surface area contributed by atoms with Crippen molar-refractivity contribution < 1.29 is 4.79 Å². The van der Waals surface area contributed by atoms with Crippen molar-refractivity contribution in [3.05, 3.63) is 66.6 Å². The van der Waals surface area contributed by atoms with Crippen LogP contribution in [0.15, 0.2) is 24.3 Å². The van der Waals surface area contributed by atoms with Crippen molar-refractivity contribution >= 4 is 52.2 Å². The molecule has 0 spiro atoms. The largest absolute Gasteiger partial charge is 0.289 e. The van der Waals surface area contributed by atoms with E-state index in [1.807, 2.05) is 12.1 Å². The molecule has 0 bridgehead atoms. The zero-order chi connectivity index (χ0) is 21.3. The second kappa shape index (κ2) is 9.82. The van der Waals surface area contributed by atoms with Gasteiger partial charge in [0.1, 0.15) is 0 Å². The number of ketones is 1. The number of carbonyl (C=O) groups is 1. The van der Waals surface area contributed by atoms with Gasteiger partial charge in [-0.1, -0.05) is 84.9 Å². The van der Waals surface area contributed by atoms with Gasteiger partial charge in [-0.05, 0) is 72.9 Å². The summed E-state index contributed by atoms with van der Waals surface area (Å²) in [6.45, 7) is 0. The predicted octanol–water partition coefficient (Wildman–Crippen LogP) is 9.63. The van der Waals surface area contributed by atoms with Crippen LogP contribution >= 0.6 is 46.4 Å². The molecule has 0 radical (unpaired) electrons. The van der Waals surface area contributed by atoms with Crippen LogP contribution in [0.3, 0.4) is 0 Å². The lowest BCUT2D eigenvalue weighted by molar-refractivity contribution is 0.103. The smallest absolute Gasteiger partial charge is 0.193 e. The first-order valence-electron chi connectivity index (χ1n) is 11.0. The van der Waals surface area contributed by atoms with E-state index in [0.29, 0.717) is 31.2 Å². The summed E-state index contributed by atoms with van der Waals surface area (Å²) in [7, 11) is 0. The molecule has 2 saturated carbocycles. The lowest BCUT2D eigenvalue weighted by atomic mass is 9.78. The first-order chi connectivity index (χ1) is 14.5. The van der Waals surface area contributed by atoms with Crippen molar-refractivity contribution in [1.29, 1.82) is 0 Å². The normalized spacial score (nSPS) is 18.5. The molecule has 0 heterocycles. The van der Waals surface area contributed by atoms with Gasteiger partial charge in [-0.15, -0.1) is 0 Å². The van der Waals surface area contributed by atoms with Crippen molar-refractivity contribution in [3.63, 3.8) is 0 Å². The van der Waals surface area contributed by atoms with E-state index in [9.17, 15) is 4.79 Å². The molecule has 4 rings (SSSR count). The molecule has 2 aliphatic rings. The highest BCUT2D eigenvalue weighted by atomic mass is 35.5. The number of benzene rings is 2. The molecule has 5 heteroatoms. The Balaban J connectivity index is 1.82. The molecular formula is C25H26Cl4O. The third kappa shape index (κ3) is 4.42. The summed E-state index contributed by atoms with van der Waals surface area (Å²) >= 11 is 26.1. The summed E-state index contributed by atoms with van der Waals surface area (Å²) in [6, 6.07) is 7.16. The highest BCUT2D eigenvalue weighted by Gasteiger charge is 2.30. The Morgan fingerprint density at radius 2 is 0.967 bits per heavy atom. The van der Waals surface area contributed by atoms with Crippen molar-refractivity contribution in [3.8, 4) is 0 Å². The van der Waals surface area contributed by atoms with E-state index in [0.717, 1.165) is 62.5 Å². The fraction of sp³-hybridized carbons (Fsp3) is 0.480. The van der Waals surface area contributed by atoms with Gasteiger partial charge in [-0.3, -0.25) is 4.79 Å². The van der Waals surface area contributed by atoms with Crippen LogP contribution in [-0.4, -0.2) is 5.78 Å². The molecule has 0 aromatic heterocycles. The Morgan fingerprint density at radius 1 is 0.600 bits per heavy atom. The quantitative estimate of drug-likeness (QED) is 0.395. The Morgan fingerprint density at radius 3 is 1.33 bits per heavy atom. The number of hydrogen-bond acceptors (Lipinski definition) is 1. The molecule has 1 nitrogen and oxygen atoms in total. The lowest BCUT2D eigenvalue weighted by Gasteiger charge is -2.27. The number of rotatable bonds is 4. The minimum atomic E-state index is -0.0201. The summed E-state index contributed by atoms with van der Waals surface area (Å²) in [4.78, 5) is 13.9. The van der Waals surface area contributed by atoms with Crippen LogP contribution in [0.5, 0.6) is 0 Å². The van der Waals surface area contributed by atoms with Gasteiger partial charge < -0.3 is 0 Å². The number of halogens is 4. The third-order valence-electron chi connectivity index (χ3n) is 6.78. The molecule has 0 saturated heterocycles. The maximum Gasteiger partial charge on any atom is 0.193 e. The molecule has 2 aliphatic carbocycles. The summed E-state index contributed by atoms with van der Waals surface area (Å²) in [5, 5.41) is 2.06. The van der Waals surface area contributed by atoms with Crippen molar-refractivity contribution in [2.75, 3.05) is 0 Å². The molecule has 0 N–H and O–H groups in total. The second-order valence-electron chi connectivity index (χ2n) is 8.64. The second-order valence-corrected chi connectivity index (χ2v) is 10.2. The maximum absolute atomic E-state index is 13.9. The summed E-state index contributed by atoms with van der Waals surface area (Å²) in [6.07, 6.45) is 11.2. The van der Waals surface area contributed by atoms with Crippen LogP contribution in [0.25, 0.3) is 0 Å². The SMILES string of the molecule is O=C(c1ccc(Cl)c(Cl)c1C1CCCCC1)c1ccc(Cl)c(Cl)c1C1CCCCC1. The first-order valence-corrected chi connectivity index (χ1v) is 12.5. The average molecular weight is 484 g/mol. The van der Waals surface area contributed by atoms with E-state index < -0.39 is 0 Å². The van der Waals surface area contributed by atoms with E-state index in [4.69, 9.17) is 46.4 Å². The van der Waals surface area contributed by atoms with Crippen LogP contribution in [0.1, 0.15) is 103 Å². The van der Waals surface area contributed by atoms with Gasteiger partial charge in [-0.2, -0.15) is 0 Å². The highest BCUT2D eigenvalue weighted by molar-refractivity contribution is 6.44. The van der Waals surface area contributed by atoms with Gasteiger partial charge in [0.2, 0.25) is 0 Å². The van der Waals surface area contributed by atoms with E-state index in [-0.39, 0.29) is 17.6 Å². The molecule has 0 amide bonds. The molecule has 30 heavy (non-hydrogen) atoms. The molecule has 0 aliphatic heterocycles. The van der Waals surface area contributed by atoms with Crippen LogP contribution < -0.4 is 0 Å². The van der Waals surface area contributed by atoms with Gasteiger partial charge in [0, 0.05) is 11.1 Å². The van der Waals surface area contributed by atoms with E-state index in [1.54, 1.807) is 12.1 Å². The molecule has 2 fully saturated rings. The Labute approximate surface area is 199 Å². The molecule has 0 unspecified atom stereocenters. The van der Waals surface area contributed by atoms with Gasteiger partial charge in [-0.25, -0.2) is 0 Å². The standard InChI is InChI=1S/C25H26Cl4O/c26-19-13-11-17(21(23(19)28)15-7-3-1-4-8-15)25(30)18-12-14-20(27)24(29)22(18)16-9-5-2-6-10-16/h11-16H,1-10H2. The Hall–Kier alpha value is -0.730. The monoisotopic (exact) mass is 482 g/mol. The molecule has 160 valence electrons. The topological polar surface area (TPSA) is 17.1 Å². The van der Waals surface area contributed by atoms with Gasteiger partial charge in [0.15, 0.2) is 5.78 Å². The van der Waals surface area contributed by atoms with Gasteiger partial charge in [0.25, 0.3) is 0 Å². The van der Waals surface area contributed by atoms with Crippen molar-refractivity contribution in [2.45, 2.75) is 76.0 Å². The molecular weight excluding hydrogens is 458 g/mol. The minimum Gasteiger partial charge on any atom is -0.289 e. The lowest BCUT2D eigenvalue weighted by Crippen LogP contribution is -2.16. The highest BCUT2D eigenvalue weighted by Crippen LogP contribution is 2.44. The van der Waals surface area contributed by atoms with Crippen molar-refractivity contribution in [2.24, 2.45) is 0 Å². The third-order valence-corrected chi connectivity index (χ3v) is 8.42.